The zero-order chi connectivity index (χ0) is 11.5. The lowest BCUT2D eigenvalue weighted by Gasteiger charge is -2.03. The molecule has 0 spiro atoms. The van der Waals surface area contributed by atoms with Gasteiger partial charge in [0.05, 0.1) is 0 Å². The molecule has 5 nitrogen and oxygen atoms in total. The van der Waals surface area contributed by atoms with Gasteiger partial charge in [-0.25, -0.2) is 8.42 Å². The van der Waals surface area contributed by atoms with Gasteiger partial charge < -0.3 is 5.73 Å². The third-order valence-electron chi connectivity index (χ3n) is 2.14. The van der Waals surface area contributed by atoms with Crippen LogP contribution in [0, 0.1) is 6.92 Å². The average Bonchev–Trinajstić information content (AvgIpc) is 2.37. The van der Waals surface area contributed by atoms with E-state index in [1.807, 2.05) is 6.92 Å². The van der Waals surface area contributed by atoms with Crippen LogP contribution in [0.3, 0.4) is 0 Å². The Morgan fingerprint density at radius 1 is 1.47 bits per heavy atom. The first-order valence-corrected chi connectivity index (χ1v) is 6.92. The Morgan fingerprint density at radius 3 is 2.60 bits per heavy atom. The Balaban J connectivity index is 2.35. The van der Waals surface area contributed by atoms with Crippen LogP contribution in [0.5, 0.6) is 0 Å². The second-order valence-corrected chi connectivity index (χ2v) is 6.03. The minimum Gasteiger partial charge on any atom is -0.382 e. The highest BCUT2D eigenvalue weighted by atomic mass is 32.2. The second-order valence-electron chi connectivity index (χ2n) is 3.77. The quantitative estimate of drug-likeness (QED) is 0.753. The van der Waals surface area contributed by atoms with Crippen LogP contribution in [0.4, 0.5) is 5.82 Å². The summed E-state index contributed by atoms with van der Waals surface area (Å²) in [5, 5.41) is 4.09. The van der Waals surface area contributed by atoms with Crippen LogP contribution < -0.4 is 5.73 Å². The van der Waals surface area contributed by atoms with Gasteiger partial charge in [-0.05, 0) is 19.8 Å². The van der Waals surface area contributed by atoms with Gasteiger partial charge in [0.25, 0.3) is 0 Å². The molecule has 1 aromatic rings. The molecule has 0 amide bonds. The predicted molar refractivity (Wildman–Crippen MR) is 60.3 cm³/mol. The lowest BCUT2D eigenvalue weighted by Crippen LogP contribution is -2.07. The molecular weight excluding hydrogens is 214 g/mol. The molecule has 1 aromatic heterocycles. The van der Waals surface area contributed by atoms with E-state index in [1.54, 1.807) is 10.7 Å². The van der Waals surface area contributed by atoms with Gasteiger partial charge in [0.1, 0.15) is 15.7 Å². The molecule has 0 aliphatic carbocycles. The van der Waals surface area contributed by atoms with Crippen molar-refractivity contribution in [2.45, 2.75) is 26.3 Å². The van der Waals surface area contributed by atoms with E-state index >= 15 is 0 Å². The maximum Gasteiger partial charge on any atom is 0.147 e. The highest BCUT2D eigenvalue weighted by Gasteiger charge is 2.03. The van der Waals surface area contributed by atoms with E-state index in [0.29, 0.717) is 12.2 Å². The molecule has 0 saturated carbocycles. The monoisotopic (exact) mass is 231 g/mol. The van der Waals surface area contributed by atoms with E-state index in [0.717, 1.165) is 18.7 Å². The van der Waals surface area contributed by atoms with Crippen LogP contribution in [0.25, 0.3) is 0 Å². The molecule has 0 radical (unpaired) electrons. The van der Waals surface area contributed by atoms with Crippen LogP contribution >= 0.6 is 0 Å². The average molecular weight is 231 g/mol. The number of sulfone groups is 1. The number of aryl methyl sites for hydroxylation is 2. The molecule has 0 saturated heterocycles. The maximum atomic E-state index is 10.9. The first-order valence-electron chi connectivity index (χ1n) is 4.86. The van der Waals surface area contributed by atoms with Crippen LogP contribution in [0.2, 0.25) is 0 Å². The highest BCUT2D eigenvalue weighted by Crippen LogP contribution is 2.06. The Labute approximate surface area is 90.2 Å². The van der Waals surface area contributed by atoms with E-state index in [-0.39, 0.29) is 5.75 Å². The smallest absolute Gasteiger partial charge is 0.147 e. The number of unbranched alkanes of at least 4 members (excludes halogenated alkanes) is 1. The van der Waals surface area contributed by atoms with Crippen molar-refractivity contribution in [1.29, 1.82) is 0 Å². The van der Waals surface area contributed by atoms with Crippen molar-refractivity contribution >= 4 is 15.7 Å². The SMILES string of the molecule is Cc1cc(N)nn1CCCCS(C)(=O)=O. The fraction of sp³-hybridized carbons (Fsp3) is 0.667. The summed E-state index contributed by atoms with van der Waals surface area (Å²) in [7, 11) is -2.84. The molecule has 0 unspecified atom stereocenters. The Hall–Kier alpha value is -1.04. The van der Waals surface area contributed by atoms with Gasteiger partial charge in [-0.2, -0.15) is 5.10 Å². The summed E-state index contributed by atoms with van der Waals surface area (Å²) in [6, 6.07) is 1.80. The first-order chi connectivity index (χ1) is 6.88. The molecule has 1 rings (SSSR count). The molecule has 0 aromatic carbocycles. The van der Waals surface area contributed by atoms with Crippen molar-refractivity contribution in [3.8, 4) is 0 Å². The molecule has 6 heteroatoms. The zero-order valence-corrected chi connectivity index (χ0v) is 9.92. The lowest BCUT2D eigenvalue weighted by molar-refractivity contribution is 0.553. The number of nitrogens with zero attached hydrogens (tertiary/aromatic N) is 2. The van der Waals surface area contributed by atoms with E-state index in [9.17, 15) is 8.42 Å². The Bertz CT molecular complexity index is 423. The van der Waals surface area contributed by atoms with Gasteiger partial charge >= 0.3 is 0 Å². The molecule has 86 valence electrons. The molecule has 1 heterocycles. The molecule has 2 N–H and O–H groups in total. The van der Waals surface area contributed by atoms with Crippen molar-refractivity contribution < 1.29 is 8.42 Å². The Morgan fingerprint density at radius 2 is 2.13 bits per heavy atom. The first kappa shape index (κ1) is 12.0. The predicted octanol–water partition coefficient (Wildman–Crippen LogP) is 0.599. The number of rotatable bonds is 5. The van der Waals surface area contributed by atoms with Crippen LogP contribution in [-0.2, 0) is 16.4 Å². The minimum absolute atomic E-state index is 0.239. The summed E-state index contributed by atoms with van der Waals surface area (Å²) in [5.74, 6) is 0.749. The lowest BCUT2D eigenvalue weighted by atomic mass is 10.3. The normalized spacial score (nSPS) is 11.9. The van der Waals surface area contributed by atoms with Crippen LogP contribution in [0.15, 0.2) is 6.07 Å². The van der Waals surface area contributed by atoms with Gasteiger partial charge in [-0.15, -0.1) is 0 Å². The van der Waals surface area contributed by atoms with Gasteiger partial charge in [0.2, 0.25) is 0 Å². The van der Waals surface area contributed by atoms with Gasteiger partial charge in [-0.3, -0.25) is 4.68 Å². The summed E-state index contributed by atoms with van der Waals surface area (Å²) in [6.07, 6.45) is 2.72. The maximum absolute atomic E-state index is 10.9. The topological polar surface area (TPSA) is 78.0 Å². The highest BCUT2D eigenvalue weighted by molar-refractivity contribution is 7.90. The van der Waals surface area contributed by atoms with E-state index in [2.05, 4.69) is 5.10 Å². The van der Waals surface area contributed by atoms with Crippen molar-refractivity contribution in [2.75, 3.05) is 17.7 Å². The number of hydrogen-bond donors (Lipinski definition) is 1. The zero-order valence-electron chi connectivity index (χ0n) is 9.10. The van der Waals surface area contributed by atoms with Crippen LogP contribution in [-0.4, -0.2) is 30.2 Å². The van der Waals surface area contributed by atoms with E-state index in [1.165, 1.54) is 6.26 Å². The Kier molecular flexibility index (Phi) is 3.73. The molecule has 0 atom stereocenters. The van der Waals surface area contributed by atoms with Gasteiger partial charge in [0, 0.05) is 30.3 Å². The summed E-state index contributed by atoms with van der Waals surface area (Å²) < 4.78 is 23.5. The number of hydrogen-bond acceptors (Lipinski definition) is 4. The molecule has 0 bridgehead atoms. The summed E-state index contributed by atoms with van der Waals surface area (Å²) in [6.45, 7) is 2.65. The van der Waals surface area contributed by atoms with Crippen molar-refractivity contribution in [3.05, 3.63) is 11.8 Å². The molecule has 0 aliphatic heterocycles. The number of anilines is 1. The van der Waals surface area contributed by atoms with Crippen molar-refractivity contribution in [2.24, 2.45) is 0 Å². The minimum atomic E-state index is -2.84. The summed E-state index contributed by atoms with van der Waals surface area (Å²) >= 11 is 0. The van der Waals surface area contributed by atoms with E-state index < -0.39 is 9.84 Å². The molecule has 0 aliphatic rings. The van der Waals surface area contributed by atoms with Gasteiger partial charge in [0.15, 0.2) is 0 Å². The standard InChI is InChI=1S/C9H17N3O2S/c1-8-7-9(10)11-12(8)5-3-4-6-15(2,13)14/h7H,3-6H2,1-2H3,(H2,10,11). The van der Waals surface area contributed by atoms with E-state index in [4.69, 9.17) is 5.73 Å². The fourth-order valence-electron chi connectivity index (χ4n) is 1.39. The molecular formula is C9H17N3O2S. The van der Waals surface area contributed by atoms with Gasteiger partial charge in [-0.1, -0.05) is 0 Å². The fourth-order valence-corrected chi connectivity index (χ4v) is 2.12. The third-order valence-corrected chi connectivity index (χ3v) is 3.17. The number of nitrogen functional groups attached to an aromatic ring is 1. The van der Waals surface area contributed by atoms with Crippen LogP contribution in [0.1, 0.15) is 18.5 Å². The molecule has 15 heavy (non-hydrogen) atoms. The third kappa shape index (κ3) is 4.33. The summed E-state index contributed by atoms with van der Waals surface area (Å²) in [5.41, 5.74) is 6.53. The number of aromatic nitrogens is 2. The summed E-state index contributed by atoms with van der Waals surface area (Å²) in [4.78, 5) is 0. The second kappa shape index (κ2) is 4.65. The largest absolute Gasteiger partial charge is 0.382 e. The number of nitrogens with two attached hydrogens (primary N) is 1. The van der Waals surface area contributed by atoms with Crippen molar-refractivity contribution in [1.82, 2.24) is 9.78 Å². The van der Waals surface area contributed by atoms with Crippen molar-refractivity contribution in [3.63, 3.8) is 0 Å². The molecule has 0 fully saturated rings.